The van der Waals surface area contributed by atoms with Crippen LogP contribution in [0.5, 0.6) is 0 Å². The Morgan fingerprint density at radius 3 is 2.43 bits per heavy atom. The van der Waals surface area contributed by atoms with Gasteiger partial charge in [-0.25, -0.2) is 0 Å². The molecule has 3 N–H and O–H groups in total. The molecule has 0 bridgehead atoms. The molecule has 1 heterocycles. The lowest BCUT2D eigenvalue weighted by Crippen LogP contribution is -2.56. The Morgan fingerprint density at radius 2 is 1.83 bits per heavy atom. The lowest BCUT2D eigenvalue weighted by molar-refractivity contribution is -0.137. The fraction of sp³-hybridized carbons (Fsp3) is 0.261. The maximum absolute atomic E-state index is 12.8. The van der Waals surface area contributed by atoms with Gasteiger partial charge in [-0.3, -0.25) is 4.79 Å². The topological polar surface area (TPSA) is 61.4 Å². The van der Waals surface area contributed by atoms with Crippen molar-refractivity contribution in [2.24, 2.45) is 5.92 Å². The summed E-state index contributed by atoms with van der Waals surface area (Å²) in [5, 5.41) is 17.2. The molecule has 1 aliphatic heterocycles. The van der Waals surface area contributed by atoms with Crippen molar-refractivity contribution in [3.05, 3.63) is 71.8 Å². The van der Waals surface area contributed by atoms with E-state index < -0.39 is 11.7 Å². The smallest absolute Gasteiger partial charge is 0.394 e. The average molecular weight is 414 g/mol. The number of hydrogen-bond donors (Lipinski definition) is 3. The molecule has 4 nitrogen and oxygen atoms in total. The van der Waals surface area contributed by atoms with E-state index in [1.807, 2.05) is 18.2 Å². The minimum atomic E-state index is -4.37. The Kier molecular flexibility index (Phi) is 5.49. The Balaban J connectivity index is 1.61. The highest BCUT2D eigenvalue weighted by atomic mass is 19.4. The molecule has 1 amide bonds. The summed E-state index contributed by atoms with van der Waals surface area (Å²) >= 11 is 0. The average Bonchev–Trinajstić information content (AvgIpc) is 2.70. The Bertz CT molecular complexity index is 1060. The SMILES string of the molecule is O=C(N[C@@H](CO)C1CNC1)c1ccc2c(-c3ccc(C(F)(F)F)cc3)cccc2c1. The third-order valence-corrected chi connectivity index (χ3v) is 5.56. The number of nitrogens with one attached hydrogen (secondary N) is 2. The zero-order chi connectivity index (χ0) is 21.3. The second-order valence-corrected chi connectivity index (χ2v) is 7.50. The fourth-order valence-corrected chi connectivity index (χ4v) is 3.68. The van der Waals surface area contributed by atoms with Crippen molar-refractivity contribution >= 4 is 16.7 Å². The summed E-state index contributed by atoms with van der Waals surface area (Å²) in [6, 6.07) is 15.5. The molecule has 3 aromatic carbocycles. The quantitative estimate of drug-likeness (QED) is 0.595. The van der Waals surface area contributed by atoms with Crippen LogP contribution in [-0.2, 0) is 6.18 Å². The minimum Gasteiger partial charge on any atom is -0.394 e. The molecular weight excluding hydrogens is 393 g/mol. The molecule has 7 heteroatoms. The summed E-state index contributed by atoms with van der Waals surface area (Å²) in [7, 11) is 0. The summed E-state index contributed by atoms with van der Waals surface area (Å²) < 4.78 is 38.5. The van der Waals surface area contributed by atoms with Gasteiger partial charge in [-0.2, -0.15) is 13.2 Å². The fourth-order valence-electron chi connectivity index (χ4n) is 3.68. The molecule has 1 saturated heterocycles. The van der Waals surface area contributed by atoms with Crippen LogP contribution in [0.4, 0.5) is 13.2 Å². The van der Waals surface area contributed by atoms with Gasteiger partial charge in [-0.1, -0.05) is 36.4 Å². The van der Waals surface area contributed by atoms with Crippen molar-refractivity contribution in [1.82, 2.24) is 10.6 Å². The summed E-state index contributed by atoms with van der Waals surface area (Å²) in [6.07, 6.45) is -4.37. The molecule has 3 aromatic rings. The first-order valence-corrected chi connectivity index (χ1v) is 9.69. The second kappa shape index (κ2) is 8.08. The van der Waals surface area contributed by atoms with Crippen molar-refractivity contribution in [3.8, 4) is 11.1 Å². The number of carbonyl (C=O) groups excluding carboxylic acids is 1. The number of carbonyl (C=O) groups is 1. The molecule has 1 aliphatic rings. The summed E-state index contributed by atoms with van der Waals surface area (Å²) in [6.45, 7) is 1.41. The highest BCUT2D eigenvalue weighted by Crippen LogP contribution is 2.33. The van der Waals surface area contributed by atoms with Gasteiger partial charge in [-0.15, -0.1) is 0 Å². The van der Waals surface area contributed by atoms with E-state index in [1.165, 1.54) is 12.1 Å². The standard InChI is InChI=1S/C23H21F3N2O2/c24-23(25,26)18-7-4-14(5-8-18)19-3-1-2-15-10-16(6-9-20(15)19)22(30)28-21(13-29)17-11-27-12-17/h1-10,17,21,27,29H,11-13H2,(H,28,30)/t21-/m0/s1. The second-order valence-electron chi connectivity index (χ2n) is 7.50. The third kappa shape index (κ3) is 4.04. The van der Waals surface area contributed by atoms with Gasteiger partial charge in [0.05, 0.1) is 18.2 Å². The van der Waals surface area contributed by atoms with E-state index >= 15 is 0 Å². The number of amides is 1. The Hall–Kier alpha value is -2.90. The molecule has 0 aliphatic carbocycles. The van der Waals surface area contributed by atoms with E-state index in [0.717, 1.165) is 41.6 Å². The van der Waals surface area contributed by atoms with Gasteiger partial charge in [0.25, 0.3) is 5.91 Å². The van der Waals surface area contributed by atoms with Gasteiger partial charge in [0.1, 0.15) is 0 Å². The molecule has 4 rings (SSSR count). The highest BCUT2D eigenvalue weighted by molar-refractivity contribution is 6.02. The van der Waals surface area contributed by atoms with Crippen LogP contribution in [0.2, 0.25) is 0 Å². The highest BCUT2D eigenvalue weighted by Gasteiger charge is 2.30. The number of benzene rings is 3. The summed E-state index contributed by atoms with van der Waals surface area (Å²) in [4.78, 5) is 12.6. The molecule has 0 unspecified atom stereocenters. The van der Waals surface area contributed by atoms with Gasteiger partial charge >= 0.3 is 6.18 Å². The summed E-state index contributed by atoms with van der Waals surface area (Å²) in [5.74, 6) is -0.0477. The lowest BCUT2D eigenvalue weighted by Gasteiger charge is -2.34. The molecule has 0 spiro atoms. The maximum atomic E-state index is 12.8. The number of aliphatic hydroxyl groups excluding tert-OH is 1. The third-order valence-electron chi connectivity index (χ3n) is 5.56. The maximum Gasteiger partial charge on any atom is 0.416 e. The molecule has 0 aromatic heterocycles. The van der Waals surface area contributed by atoms with Crippen molar-refractivity contribution in [2.75, 3.05) is 19.7 Å². The first kappa shape index (κ1) is 20.4. The normalized spacial score (nSPS) is 15.6. The van der Waals surface area contributed by atoms with E-state index in [4.69, 9.17) is 0 Å². The van der Waals surface area contributed by atoms with Crippen LogP contribution in [0.3, 0.4) is 0 Å². The molecule has 1 atom stereocenters. The van der Waals surface area contributed by atoms with Gasteiger partial charge in [0.2, 0.25) is 0 Å². The molecule has 156 valence electrons. The molecule has 1 fully saturated rings. The number of rotatable bonds is 5. The monoisotopic (exact) mass is 414 g/mol. The van der Waals surface area contributed by atoms with E-state index in [2.05, 4.69) is 10.6 Å². The lowest BCUT2D eigenvalue weighted by atomic mass is 9.93. The van der Waals surface area contributed by atoms with Crippen molar-refractivity contribution in [2.45, 2.75) is 12.2 Å². The van der Waals surface area contributed by atoms with Crippen LogP contribution in [0.25, 0.3) is 21.9 Å². The van der Waals surface area contributed by atoms with Crippen LogP contribution in [0.15, 0.2) is 60.7 Å². The van der Waals surface area contributed by atoms with Gasteiger partial charge in [-0.05, 0) is 46.2 Å². The largest absolute Gasteiger partial charge is 0.416 e. The van der Waals surface area contributed by atoms with Crippen LogP contribution in [0.1, 0.15) is 15.9 Å². The zero-order valence-corrected chi connectivity index (χ0v) is 16.0. The predicted octanol–water partition coefficient (Wildman–Crippen LogP) is 3.84. The first-order valence-electron chi connectivity index (χ1n) is 9.69. The number of fused-ring (bicyclic) bond motifs is 1. The zero-order valence-electron chi connectivity index (χ0n) is 16.0. The Morgan fingerprint density at radius 1 is 1.10 bits per heavy atom. The van der Waals surface area contributed by atoms with Gasteiger partial charge in [0.15, 0.2) is 0 Å². The first-order chi connectivity index (χ1) is 14.4. The minimum absolute atomic E-state index is 0.121. The van der Waals surface area contributed by atoms with Crippen LogP contribution < -0.4 is 10.6 Å². The summed E-state index contributed by atoms with van der Waals surface area (Å²) in [5.41, 5.74) is 1.24. The van der Waals surface area contributed by atoms with E-state index in [9.17, 15) is 23.1 Å². The van der Waals surface area contributed by atoms with Crippen molar-refractivity contribution in [1.29, 1.82) is 0 Å². The van der Waals surface area contributed by atoms with Crippen LogP contribution in [-0.4, -0.2) is 36.8 Å². The van der Waals surface area contributed by atoms with Crippen molar-refractivity contribution in [3.63, 3.8) is 0 Å². The number of hydrogen-bond acceptors (Lipinski definition) is 3. The Labute approximate surface area is 171 Å². The van der Waals surface area contributed by atoms with Crippen LogP contribution >= 0.6 is 0 Å². The van der Waals surface area contributed by atoms with Gasteiger partial charge in [0, 0.05) is 24.6 Å². The van der Waals surface area contributed by atoms with Gasteiger partial charge < -0.3 is 15.7 Å². The molecule has 0 saturated carbocycles. The number of halogens is 3. The van der Waals surface area contributed by atoms with Crippen molar-refractivity contribution < 1.29 is 23.1 Å². The predicted molar refractivity (Wildman–Crippen MR) is 109 cm³/mol. The van der Waals surface area contributed by atoms with Crippen LogP contribution in [0, 0.1) is 5.92 Å². The molecule has 0 radical (unpaired) electrons. The van der Waals surface area contributed by atoms with E-state index in [0.29, 0.717) is 11.1 Å². The number of alkyl halides is 3. The number of aliphatic hydroxyl groups is 1. The molecular formula is C23H21F3N2O2. The van der Waals surface area contributed by atoms with E-state index in [1.54, 1.807) is 18.2 Å². The van der Waals surface area contributed by atoms with E-state index in [-0.39, 0.29) is 24.5 Å². The molecule has 30 heavy (non-hydrogen) atoms.